The van der Waals surface area contributed by atoms with Crippen LogP contribution >= 0.6 is 0 Å². The van der Waals surface area contributed by atoms with Gasteiger partial charge in [-0.3, -0.25) is 4.68 Å². The molecule has 3 heterocycles. The zero-order valence-corrected chi connectivity index (χ0v) is 15.4. The zero-order chi connectivity index (χ0) is 18.4. The van der Waals surface area contributed by atoms with Gasteiger partial charge in [-0.05, 0) is 27.7 Å². The average molecular weight is 347 g/mol. The monoisotopic (exact) mass is 347 g/mol. The molecule has 2 aromatic rings. The molecule has 0 aliphatic carbocycles. The number of aromatic nitrogens is 4. The van der Waals surface area contributed by atoms with Crippen molar-refractivity contribution in [2.45, 2.75) is 39.3 Å². The maximum atomic E-state index is 12.3. The third-order valence-electron chi connectivity index (χ3n) is 4.14. The SMILES string of the molecule is C[C@@H]1CN(C(=O)OC(C)(C)C)CCN1c1nc(N)nc2c1cnn2C. The normalized spacial score (nSPS) is 18.7. The Hall–Kier alpha value is -2.58. The molecular formula is C16H25N7O2. The van der Waals surface area contributed by atoms with E-state index in [1.807, 2.05) is 27.8 Å². The second kappa shape index (κ2) is 6.05. The number of nitrogens with zero attached hydrogens (tertiary/aromatic N) is 6. The molecule has 2 N–H and O–H groups in total. The fraction of sp³-hybridized carbons (Fsp3) is 0.625. The fourth-order valence-corrected chi connectivity index (χ4v) is 3.01. The zero-order valence-electron chi connectivity index (χ0n) is 15.4. The summed E-state index contributed by atoms with van der Waals surface area (Å²) in [6.45, 7) is 9.41. The van der Waals surface area contributed by atoms with Gasteiger partial charge in [0.1, 0.15) is 11.4 Å². The van der Waals surface area contributed by atoms with Crippen molar-refractivity contribution >= 4 is 28.9 Å². The van der Waals surface area contributed by atoms with E-state index in [0.29, 0.717) is 25.3 Å². The summed E-state index contributed by atoms with van der Waals surface area (Å²) in [5.41, 5.74) is 6.07. The summed E-state index contributed by atoms with van der Waals surface area (Å²) in [5.74, 6) is 0.972. The summed E-state index contributed by atoms with van der Waals surface area (Å²) in [6.07, 6.45) is 1.46. The second-order valence-electron chi connectivity index (χ2n) is 7.38. The van der Waals surface area contributed by atoms with E-state index in [1.165, 1.54) is 0 Å². The molecule has 9 nitrogen and oxygen atoms in total. The molecule has 3 rings (SSSR count). The Bertz CT molecular complexity index is 796. The standard InChI is InChI=1S/C16H25N7O2/c1-10-9-22(15(24)25-16(2,3)4)6-7-23(10)13-11-8-18-21(5)12(11)19-14(17)20-13/h8,10H,6-7,9H2,1-5H3,(H2,17,19,20)/t10-/m1/s1. The van der Waals surface area contributed by atoms with Crippen molar-refractivity contribution in [3.8, 4) is 0 Å². The summed E-state index contributed by atoms with van der Waals surface area (Å²) >= 11 is 0. The van der Waals surface area contributed by atoms with Crippen LogP contribution in [-0.2, 0) is 11.8 Å². The number of amides is 1. The first-order chi connectivity index (χ1) is 11.7. The topological polar surface area (TPSA) is 102 Å². The molecule has 1 fully saturated rings. The van der Waals surface area contributed by atoms with Crippen molar-refractivity contribution in [3.05, 3.63) is 6.20 Å². The predicted molar refractivity (Wildman–Crippen MR) is 95.3 cm³/mol. The highest BCUT2D eigenvalue weighted by molar-refractivity contribution is 5.88. The van der Waals surface area contributed by atoms with Gasteiger partial charge < -0.3 is 20.3 Å². The summed E-state index contributed by atoms with van der Waals surface area (Å²) in [4.78, 5) is 24.9. The van der Waals surface area contributed by atoms with Crippen LogP contribution in [0.2, 0.25) is 0 Å². The number of fused-ring (bicyclic) bond motifs is 1. The Balaban J connectivity index is 1.82. The van der Waals surface area contributed by atoms with Gasteiger partial charge in [0.2, 0.25) is 5.95 Å². The second-order valence-corrected chi connectivity index (χ2v) is 7.38. The molecular weight excluding hydrogens is 322 g/mol. The lowest BCUT2D eigenvalue weighted by Crippen LogP contribution is -2.54. The molecule has 0 unspecified atom stereocenters. The van der Waals surface area contributed by atoms with E-state index in [1.54, 1.807) is 15.8 Å². The quantitative estimate of drug-likeness (QED) is 0.831. The molecule has 25 heavy (non-hydrogen) atoms. The first-order valence-corrected chi connectivity index (χ1v) is 8.35. The number of rotatable bonds is 1. The van der Waals surface area contributed by atoms with Crippen molar-refractivity contribution in [2.75, 3.05) is 30.3 Å². The minimum absolute atomic E-state index is 0.0685. The van der Waals surface area contributed by atoms with Gasteiger partial charge in [0.25, 0.3) is 0 Å². The van der Waals surface area contributed by atoms with Gasteiger partial charge in [0, 0.05) is 32.7 Å². The first kappa shape index (κ1) is 17.2. The van der Waals surface area contributed by atoms with Gasteiger partial charge in [0.05, 0.1) is 11.6 Å². The fourth-order valence-electron chi connectivity index (χ4n) is 3.01. The highest BCUT2D eigenvalue weighted by Crippen LogP contribution is 2.27. The molecule has 1 amide bonds. The number of ether oxygens (including phenoxy) is 1. The molecule has 1 saturated heterocycles. The predicted octanol–water partition coefficient (Wildman–Crippen LogP) is 1.39. The molecule has 1 atom stereocenters. The molecule has 0 spiro atoms. The summed E-state index contributed by atoms with van der Waals surface area (Å²) in [6, 6.07) is 0.0685. The van der Waals surface area contributed by atoms with Crippen molar-refractivity contribution in [1.29, 1.82) is 0 Å². The van der Waals surface area contributed by atoms with E-state index in [9.17, 15) is 4.79 Å². The molecule has 0 radical (unpaired) electrons. The minimum Gasteiger partial charge on any atom is -0.444 e. The van der Waals surface area contributed by atoms with Crippen molar-refractivity contribution in [1.82, 2.24) is 24.6 Å². The number of anilines is 2. The minimum atomic E-state index is -0.500. The van der Waals surface area contributed by atoms with Crippen LogP contribution in [-0.4, -0.2) is 62.0 Å². The molecule has 1 aliphatic rings. The largest absolute Gasteiger partial charge is 0.444 e. The maximum absolute atomic E-state index is 12.3. The van der Waals surface area contributed by atoms with Crippen LogP contribution in [0.15, 0.2) is 6.20 Å². The Morgan fingerprint density at radius 1 is 1.32 bits per heavy atom. The molecule has 2 aromatic heterocycles. The van der Waals surface area contributed by atoms with Crippen molar-refractivity contribution in [2.24, 2.45) is 7.05 Å². The van der Waals surface area contributed by atoms with Crippen LogP contribution in [0.3, 0.4) is 0 Å². The summed E-state index contributed by atoms with van der Waals surface area (Å²) < 4.78 is 7.15. The number of carbonyl (C=O) groups is 1. The number of nitrogens with two attached hydrogens (primary N) is 1. The van der Waals surface area contributed by atoms with Gasteiger partial charge >= 0.3 is 6.09 Å². The number of nitrogen functional groups attached to an aromatic ring is 1. The summed E-state index contributed by atoms with van der Waals surface area (Å²) in [5, 5.41) is 5.10. The molecule has 0 bridgehead atoms. The molecule has 0 saturated carbocycles. The summed E-state index contributed by atoms with van der Waals surface area (Å²) in [7, 11) is 1.82. The number of hydrogen-bond donors (Lipinski definition) is 1. The average Bonchev–Trinajstić information content (AvgIpc) is 2.86. The number of hydrogen-bond acceptors (Lipinski definition) is 7. The van der Waals surface area contributed by atoms with Crippen LogP contribution < -0.4 is 10.6 Å². The lowest BCUT2D eigenvalue weighted by atomic mass is 10.1. The van der Waals surface area contributed by atoms with Crippen molar-refractivity contribution < 1.29 is 9.53 Å². The number of aryl methyl sites for hydroxylation is 1. The number of piperazine rings is 1. The third kappa shape index (κ3) is 3.45. The van der Waals surface area contributed by atoms with Crippen LogP contribution in [0.4, 0.5) is 16.6 Å². The van der Waals surface area contributed by atoms with Gasteiger partial charge in [-0.15, -0.1) is 0 Å². The van der Waals surface area contributed by atoms with Crippen LogP contribution in [0.5, 0.6) is 0 Å². The molecule has 1 aliphatic heterocycles. The van der Waals surface area contributed by atoms with E-state index in [4.69, 9.17) is 10.5 Å². The smallest absolute Gasteiger partial charge is 0.410 e. The lowest BCUT2D eigenvalue weighted by Gasteiger charge is -2.40. The Kier molecular flexibility index (Phi) is 4.18. The highest BCUT2D eigenvalue weighted by atomic mass is 16.6. The third-order valence-corrected chi connectivity index (χ3v) is 4.14. The first-order valence-electron chi connectivity index (χ1n) is 8.35. The van der Waals surface area contributed by atoms with E-state index in [0.717, 1.165) is 11.2 Å². The molecule has 0 aromatic carbocycles. The van der Waals surface area contributed by atoms with Crippen LogP contribution in [0.1, 0.15) is 27.7 Å². The molecule has 136 valence electrons. The van der Waals surface area contributed by atoms with Gasteiger partial charge in [-0.25, -0.2) is 4.79 Å². The van der Waals surface area contributed by atoms with Gasteiger partial charge in [0.15, 0.2) is 5.65 Å². The van der Waals surface area contributed by atoms with E-state index >= 15 is 0 Å². The number of carbonyl (C=O) groups excluding carboxylic acids is 1. The lowest BCUT2D eigenvalue weighted by molar-refractivity contribution is 0.0218. The van der Waals surface area contributed by atoms with E-state index < -0.39 is 5.60 Å². The molecule has 9 heteroatoms. The van der Waals surface area contributed by atoms with E-state index in [2.05, 4.69) is 26.9 Å². The Labute approximate surface area is 146 Å². The maximum Gasteiger partial charge on any atom is 0.410 e. The van der Waals surface area contributed by atoms with Gasteiger partial charge in [-0.2, -0.15) is 15.1 Å². The van der Waals surface area contributed by atoms with Crippen LogP contribution in [0, 0.1) is 0 Å². The van der Waals surface area contributed by atoms with Gasteiger partial charge in [-0.1, -0.05) is 0 Å². The Morgan fingerprint density at radius 3 is 2.68 bits per heavy atom. The van der Waals surface area contributed by atoms with Crippen molar-refractivity contribution in [3.63, 3.8) is 0 Å². The van der Waals surface area contributed by atoms with Crippen LogP contribution in [0.25, 0.3) is 11.0 Å². The Morgan fingerprint density at radius 2 is 2.04 bits per heavy atom. The highest BCUT2D eigenvalue weighted by Gasteiger charge is 2.31. The van der Waals surface area contributed by atoms with E-state index in [-0.39, 0.29) is 18.1 Å².